The van der Waals surface area contributed by atoms with Crippen molar-refractivity contribution in [3.8, 4) is 5.75 Å². The highest BCUT2D eigenvalue weighted by Crippen LogP contribution is 2.32. The first-order chi connectivity index (χ1) is 10.4. The minimum Gasteiger partial charge on any atom is -0.491 e. The fraction of sp³-hybridized carbons (Fsp3) is 0.267. The number of carbonyl (C=O) groups is 3. The summed E-state index contributed by atoms with van der Waals surface area (Å²) in [6, 6.07) is 7.08. The van der Waals surface area contributed by atoms with E-state index in [1.807, 2.05) is 13.8 Å². The van der Waals surface area contributed by atoms with Gasteiger partial charge in [-0.05, 0) is 49.4 Å². The Balaban J connectivity index is 2.14. The van der Waals surface area contributed by atoms with E-state index in [0.29, 0.717) is 5.75 Å². The first kappa shape index (κ1) is 16.1. The Hall–Kier alpha value is -2.28. The molecule has 0 unspecified atom stereocenters. The third-order valence-electron chi connectivity index (χ3n) is 2.72. The minimum absolute atomic E-state index is 0.0679. The topological polar surface area (TPSA) is 83.9 Å². The molecule has 1 aromatic rings. The highest BCUT2D eigenvalue weighted by Gasteiger charge is 2.36. The van der Waals surface area contributed by atoms with Crippen molar-refractivity contribution in [1.29, 1.82) is 0 Å². The van der Waals surface area contributed by atoms with Gasteiger partial charge in [-0.25, -0.2) is 0 Å². The molecule has 0 aromatic heterocycles. The Morgan fingerprint density at radius 1 is 1.32 bits per heavy atom. The lowest BCUT2D eigenvalue weighted by atomic mass is 10.2. The number of carbonyl (C=O) groups excluding carboxylic acids is 2. The number of nitrogens with zero attached hydrogens (tertiary/aromatic N) is 1. The quantitative estimate of drug-likeness (QED) is 0.839. The van der Waals surface area contributed by atoms with E-state index in [1.54, 1.807) is 30.3 Å². The molecule has 1 aliphatic rings. The van der Waals surface area contributed by atoms with Crippen LogP contribution < -0.4 is 4.74 Å². The molecule has 0 bridgehead atoms. The fourth-order valence-corrected chi connectivity index (χ4v) is 2.68. The van der Waals surface area contributed by atoms with Gasteiger partial charge in [-0.2, -0.15) is 0 Å². The molecule has 1 N–H and O–H groups in total. The molecule has 0 aliphatic carbocycles. The summed E-state index contributed by atoms with van der Waals surface area (Å²) in [7, 11) is 0. The van der Waals surface area contributed by atoms with Crippen LogP contribution in [-0.2, 0) is 9.59 Å². The lowest BCUT2D eigenvalue weighted by Gasteiger charge is -2.09. The number of hydrogen-bond acceptors (Lipinski definition) is 5. The summed E-state index contributed by atoms with van der Waals surface area (Å²) in [5.74, 6) is -1.09. The van der Waals surface area contributed by atoms with Crippen molar-refractivity contribution in [3.05, 3.63) is 34.7 Å². The Morgan fingerprint density at radius 2 is 1.95 bits per heavy atom. The largest absolute Gasteiger partial charge is 0.491 e. The van der Waals surface area contributed by atoms with Crippen LogP contribution in [0.3, 0.4) is 0 Å². The van der Waals surface area contributed by atoms with Crippen LogP contribution in [0.2, 0.25) is 0 Å². The normalized spacial score (nSPS) is 16.7. The fourth-order valence-electron chi connectivity index (χ4n) is 1.84. The zero-order valence-electron chi connectivity index (χ0n) is 12.1. The number of ether oxygens (including phenoxy) is 1. The maximum atomic E-state index is 12.0. The molecule has 1 heterocycles. The standard InChI is InChI=1S/C15H15NO5S/c1-9(2)21-11-5-3-10(4-6-11)7-12-14(19)16(8-13(17)18)15(20)22-12/h3-7,9H,8H2,1-2H3,(H,17,18)/b12-7-. The molecule has 1 aliphatic heterocycles. The molecule has 0 atom stereocenters. The minimum atomic E-state index is -1.22. The van der Waals surface area contributed by atoms with Crippen LogP contribution in [0, 0.1) is 0 Å². The third kappa shape index (κ3) is 3.88. The first-order valence-electron chi connectivity index (χ1n) is 6.60. The van der Waals surface area contributed by atoms with Gasteiger partial charge in [0, 0.05) is 0 Å². The molecule has 0 spiro atoms. The predicted molar refractivity (Wildman–Crippen MR) is 82.5 cm³/mol. The van der Waals surface area contributed by atoms with Crippen molar-refractivity contribution >= 4 is 35.0 Å². The van der Waals surface area contributed by atoms with Crippen LogP contribution in [-0.4, -0.2) is 39.8 Å². The molecule has 0 radical (unpaired) electrons. The zero-order chi connectivity index (χ0) is 16.3. The average Bonchev–Trinajstić information content (AvgIpc) is 2.68. The molecule has 1 fully saturated rings. The number of amides is 2. The first-order valence-corrected chi connectivity index (χ1v) is 7.42. The molecular formula is C15H15NO5S. The summed E-state index contributed by atoms with van der Waals surface area (Å²) in [5.41, 5.74) is 0.733. The van der Waals surface area contributed by atoms with Gasteiger partial charge in [-0.15, -0.1) is 0 Å². The van der Waals surface area contributed by atoms with Crippen LogP contribution in [0.1, 0.15) is 19.4 Å². The van der Waals surface area contributed by atoms with Gasteiger partial charge >= 0.3 is 5.97 Å². The Bertz CT molecular complexity index is 636. The molecule has 2 amide bonds. The van der Waals surface area contributed by atoms with Crippen molar-refractivity contribution in [2.75, 3.05) is 6.54 Å². The van der Waals surface area contributed by atoms with E-state index < -0.39 is 23.7 Å². The van der Waals surface area contributed by atoms with Gasteiger partial charge in [0.05, 0.1) is 11.0 Å². The number of benzene rings is 1. The van der Waals surface area contributed by atoms with Gasteiger partial charge < -0.3 is 9.84 Å². The average molecular weight is 321 g/mol. The second-order valence-corrected chi connectivity index (χ2v) is 5.89. The number of aliphatic carboxylic acids is 1. The smallest absolute Gasteiger partial charge is 0.323 e. The molecule has 7 heteroatoms. The number of hydrogen-bond donors (Lipinski definition) is 1. The summed E-state index contributed by atoms with van der Waals surface area (Å²) in [5, 5.41) is 8.13. The van der Waals surface area contributed by atoms with Gasteiger partial charge in [0.25, 0.3) is 11.1 Å². The van der Waals surface area contributed by atoms with Gasteiger partial charge in [0.15, 0.2) is 0 Å². The van der Waals surface area contributed by atoms with Crippen LogP contribution in [0.15, 0.2) is 29.2 Å². The van der Waals surface area contributed by atoms with Crippen LogP contribution in [0.4, 0.5) is 4.79 Å². The number of carboxylic acid groups (broad SMARTS) is 1. The Labute approximate surface area is 131 Å². The highest BCUT2D eigenvalue weighted by molar-refractivity contribution is 8.18. The molecular weight excluding hydrogens is 306 g/mol. The maximum Gasteiger partial charge on any atom is 0.323 e. The van der Waals surface area contributed by atoms with Crippen molar-refractivity contribution < 1.29 is 24.2 Å². The predicted octanol–water partition coefficient (Wildman–Crippen LogP) is 2.59. The number of thioether (sulfide) groups is 1. The molecule has 116 valence electrons. The van der Waals surface area contributed by atoms with E-state index >= 15 is 0 Å². The second-order valence-electron chi connectivity index (χ2n) is 4.90. The molecule has 1 aromatic carbocycles. The van der Waals surface area contributed by atoms with E-state index in [1.165, 1.54) is 0 Å². The van der Waals surface area contributed by atoms with Crippen molar-refractivity contribution in [1.82, 2.24) is 4.90 Å². The lowest BCUT2D eigenvalue weighted by molar-refractivity contribution is -0.140. The summed E-state index contributed by atoms with van der Waals surface area (Å²) >= 11 is 0.737. The Kier molecular flexibility index (Phi) is 4.87. The SMILES string of the molecule is CC(C)Oc1ccc(/C=C2\SC(=O)N(CC(=O)O)C2=O)cc1. The van der Waals surface area contributed by atoms with Gasteiger partial charge in [-0.1, -0.05) is 12.1 Å². The van der Waals surface area contributed by atoms with E-state index in [-0.39, 0.29) is 11.0 Å². The highest BCUT2D eigenvalue weighted by atomic mass is 32.2. The zero-order valence-corrected chi connectivity index (χ0v) is 12.9. The van der Waals surface area contributed by atoms with Crippen molar-refractivity contribution in [2.45, 2.75) is 20.0 Å². The number of rotatable bonds is 5. The monoisotopic (exact) mass is 321 g/mol. The Morgan fingerprint density at radius 3 is 2.50 bits per heavy atom. The summed E-state index contributed by atoms with van der Waals surface area (Å²) < 4.78 is 5.52. The number of carboxylic acids is 1. The molecule has 0 saturated carbocycles. The van der Waals surface area contributed by atoms with Gasteiger partial charge in [0.1, 0.15) is 12.3 Å². The van der Waals surface area contributed by atoms with E-state index in [9.17, 15) is 14.4 Å². The van der Waals surface area contributed by atoms with Crippen LogP contribution in [0.25, 0.3) is 6.08 Å². The number of imide groups is 1. The summed E-state index contributed by atoms with van der Waals surface area (Å²) in [6.07, 6.45) is 1.63. The van der Waals surface area contributed by atoms with E-state index in [4.69, 9.17) is 9.84 Å². The summed E-state index contributed by atoms with van der Waals surface area (Å²) in [6.45, 7) is 3.22. The van der Waals surface area contributed by atoms with Gasteiger partial charge in [-0.3, -0.25) is 19.3 Å². The van der Waals surface area contributed by atoms with Crippen molar-refractivity contribution in [3.63, 3.8) is 0 Å². The maximum absolute atomic E-state index is 12.0. The van der Waals surface area contributed by atoms with E-state index in [2.05, 4.69) is 0 Å². The second kappa shape index (κ2) is 6.65. The van der Waals surface area contributed by atoms with Crippen LogP contribution >= 0.6 is 11.8 Å². The lowest BCUT2D eigenvalue weighted by Crippen LogP contribution is -2.33. The molecule has 22 heavy (non-hydrogen) atoms. The summed E-state index contributed by atoms with van der Waals surface area (Å²) in [4.78, 5) is 35.2. The molecule has 2 rings (SSSR count). The molecule has 1 saturated heterocycles. The van der Waals surface area contributed by atoms with Crippen LogP contribution in [0.5, 0.6) is 5.75 Å². The van der Waals surface area contributed by atoms with E-state index in [0.717, 1.165) is 22.2 Å². The van der Waals surface area contributed by atoms with Crippen molar-refractivity contribution in [2.24, 2.45) is 0 Å². The third-order valence-corrected chi connectivity index (χ3v) is 3.62. The van der Waals surface area contributed by atoms with Gasteiger partial charge in [0.2, 0.25) is 0 Å². The molecule has 6 nitrogen and oxygen atoms in total.